The molecule has 1 aliphatic rings. The Morgan fingerprint density at radius 3 is 2.15 bits per heavy atom. The molecular formula is C16H33N3O. The molecule has 1 heterocycles. The van der Waals surface area contributed by atoms with E-state index >= 15 is 0 Å². The second-order valence-electron chi connectivity index (χ2n) is 5.92. The van der Waals surface area contributed by atoms with Crippen LogP contribution in [0.2, 0.25) is 0 Å². The second kappa shape index (κ2) is 10.2. The minimum Gasteiger partial charge on any atom is -0.343 e. The molecule has 4 heteroatoms. The number of hydrogen-bond acceptors (Lipinski definition) is 3. The van der Waals surface area contributed by atoms with E-state index in [1.807, 2.05) is 4.90 Å². The van der Waals surface area contributed by atoms with Crippen molar-refractivity contribution in [3.05, 3.63) is 0 Å². The normalized spacial score (nSPS) is 16.9. The molecule has 4 nitrogen and oxygen atoms in total. The van der Waals surface area contributed by atoms with Crippen LogP contribution in [0.4, 0.5) is 0 Å². The molecule has 1 unspecified atom stereocenters. The first kappa shape index (κ1) is 17.4. The third kappa shape index (κ3) is 5.80. The van der Waals surface area contributed by atoms with Gasteiger partial charge in [0.2, 0.25) is 5.91 Å². The summed E-state index contributed by atoms with van der Waals surface area (Å²) in [5.74, 6) is 0.302. The standard InChI is InChI=1S/C16H33N3O/c1-3-5-9-18(10-6-4-2)15(14-17)13-16(20)19-11-7-8-12-19/h15H,3-14,17H2,1-2H3. The smallest absolute Gasteiger partial charge is 0.224 e. The van der Waals surface area contributed by atoms with Crippen LogP contribution in [0.15, 0.2) is 0 Å². The van der Waals surface area contributed by atoms with Crippen molar-refractivity contribution in [2.45, 2.75) is 64.8 Å². The molecule has 0 spiro atoms. The molecular weight excluding hydrogens is 250 g/mol. The van der Waals surface area contributed by atoms with Gasteiger partial charge in [0.15, 0.2) is 0 Å². The van der Waals surface area contributed by atoms with Gasteiger partial charge in [-0.1, -0.05) is 26.7 Å². The zero-order valence-electron chi connectivity index (χ0n) is 13.4. The lowest BCUT2D eigenvalue weighted by atomic mass is 10.1. The van der Waals surface area contributed by atoms with Gasteiger partial charge in [-0.3, -0.25) is 9.69 Å². The monoisotopic (exact) mass is 283 g/mol. The van der Waals surface area contributed by atoms with E-state index in [0.717, 1.165) is 39.0 Å². The maximum Gasteiger partial charge on any atom is 0.224 e. The van der Waals surface area contributed by atoms with Gasteiger partial charge in [0.05, 0.1) is 0 Å². The zero-order valence-corrected chi connectivity index (χ0v) is 13.4. The van der Waals surface area contributed by atoms with Gasteiger partial charge in [-0.15, -0.1) is 0 Å². The summed E-state index contributed by atoms with van der Waals surface area (Å²) in [5, 5.41) is 0. The number of unbranched alkanes of at least 4 members (excludes halogenated alkanes) is 2. The fourth-order valence-electron chi connectivity index (χ4n) is 2.86. The van der Waals surface area contributed by atoms with E-state index < -0.39 is 0 Å². The average Bonchev–Trinajstić information content (AvgIpc) is 2.99. The van der Waals surface area contributed by atoms with E-state index in [9.17, 15) is 4.79 Å². The molecule has 0 aromatic heterocycles. The Bertz CT molecular complexity index is 256. The maximum absolute atomic E-state index is 12.3. The molecule has 0 bridgehead atoms. The molecule has 1 fully saturated rings. The molecule has 0 radical (unpaired) electrons. The molecule has 0 saturated carbocycles. The molecule has 1 atom stereocenters. The first-order chi connectivity index (χ1) is 9.72. The van der Waals surface area contributed by atoms with Gasteiger partial charge in [0.1, 0.15) is 0 Å². The number of nitrogens with zero attached hydrogens (tertiary/aromatic N) is 2. The van der Waals surface area contributed by atoms with Crippen molar-refractivity contribution in [2.75, 3.05) is 32.7 Å². The van der Waals surface area contributed by atoms with Crippen molar-refractivity contribution in [1.29, 1.82) is 0 Å². The highest BCUT2D eigenvalue weighted by Crippen LogP contribution is 2.13. The van der Waals surface area contributed by atoms with Crippen molar-refractivity contribution < 1.29 is 4.79 Å². The number of likely N-dealkylation sites (tertiary alicyclic amines) is 1. The van der Waals surface area contributed by atoms with E-state index in [2.05, 4.69) is 18.7 Å². The van der Waals surface area contributed by atoms with Gasteiger partial charge in [0.25, 0.3) is 0 Å². The Labute approximate surface area is 124 Å². The lowest BCUT2D eigenvalue weighted by molar-refractivity contribution is -0.131. The van der Waals surface area contributed by atoms with Crippen molar-refractivity contribution in [1.82, 2.24) is 9.80 Å². The van der Waals surface area contributed by atoms with Crippen LogP contribution in [-0.4, -0.2) is 54.5 Å². The predicted octanol–water partition coefficient (Wildman–Crippen LogP) is 2.23. The number of hydrogen-bond donors (Lipinski definition) is 1. The Morgan fingerprint density at radius 2 is 1.70 bits per heavy atom. The molecule has 20 heavy (non-hydrogen) atoms. The summed E-state index contributed by atoms with van der Waals surface area (Å²) in [7, 11) is 0. The first-order valence-corrected chi connectivity index (χ1v) is 8.44. The lowest BCUT2D eigenvalue weighted by Gasteiger charge is -2.31. The fraction of sp³-hybridized carbons (Fsp3) is 0.938. The molecule has 0 aromatic carbocycles. The largest absolute Gasteiger partial charge is 0.343 e. The first-order valence-electron chi connectivity index (χ1n) is 8.44. The number of carbonyl (C=O) groups excluding carboxylic acids is 1. The molecule has 1 saturated heterocycles. The molecule has 118 valence electrons. The topological polar surface area (TPSA) is 49.6 Å². The van der Waals surface area contributed by atoms with Gasteiger partial charge >= 0.3 is 0 Å². The van der Waals surface area contributed by atoms with Gasteiger partial charge in [0, 0.05) is 32.1 Å². The quantitative estimate of drug-likeness (QED) is 0.669. The van der Waals surface area contributed by atoms with Gasteiger partial charge in [-0.05, 0) is 38.8 Å². The summed E-state index contributed by atoms with van der Waals surface area (Å²) in [5.41, 5.74) is 5.95. The van der Waals surface area contributed by atoms with Crippen LogP contribution in [0.25, 0.3) is 0 Å². The zero-order chi connectivity index (χ0) is 14.8. The van der Waals surface area contributed by atoms with E-state index in [-0.39, 0.29) is 6.04 Å². The molecule has 2 N–H and O–H groups in total. The highest BCUT2D eigenvalue weighted by atomic mass is 16.2. The van der Waals surface area contributed by atoms with Crippen LogP contribution in [-0.2, 0) is 4.79 Å². The van der Waals surface area contributed by atoms with Crippen LogP contribution in [0.3, 0.4) is 0 Å². The van der Waals surface area contributed by atoms with E-state index in [1.165, 1.54) is 25.7 Å². The maximum atomic E-state index is 12.3. The Balaban J connectivity index is 2.50. The Hall–Kier alpha value is -0.610. The van der Waals surface area contributed by atoms with Crippen LogP contribution in [0.1, 0.15) is 58.8 Å². The Kier molecular flexibility index (Phi) is 8.86. The number of carbonyl (C=O) groups is 1. The highest BCUT2D eigenvalue weighted by molar-refractivity contribution is 5.77. The lowest BCUT2D eigenvalue weighted by Crippen LogP contribution is -2.45. The van der Waals surface area contributed by atoms with Crippen LogP contribution >= 0.6 is 0 Å². The third-order valence-corrected chi connectivity index (χ3v) is 4.26. The third-order valence-electron chi connectivity index (χ3n) is 4.26. The summed E-state index contributed by atoms with van der Waals surface area (Å²) in [6.45, 7) is 9.06. The van der Waals surface area contributed by atoms with Crippen molar-refractivity contribution in [2.24, 2.45) is 5.73 Å². The van der Waals surface area contributed by atoms with E-state index in [1.54, 1.807) is 0 Å². The average molecular weight is 283 g/mol. The van der Waals surface area contributed by atoms with Gasteiger partial charge < -0.3 is 10.6 Å². The minimum atomic E-state index is 0.223. The van der Waals surface area contributed by atoms with Gasteiger partial charge in [-0.2, -0.15) is 0 Å². The van der Waals surface area contributed by atoms with Gasteiger partial charge in [-0.25, -0.2) is 0 Å². The Morgan fingerprint density at radius 1 is 1.15 bits per heavy atom. The summed E-state index contributed by atoms with van der Waals surface area (Å²) >= 11 is 0. The molecule has 1 aliphatic heterocycles. The highest BCUT2D eigenvalue weighted by Gasteiger charge is 2.24. The van der Waals surface area contributed by atoms with E-state index in [0.29, 0.717) is 18.9 Å². The molecule has 0 aliphatic carbocycles. The van der Waals surface area contributed by atoms with Crippen LogP contribution < -0.4 is 5.73 Å². The molecule has 0 aromatic rings. The number of amides is 1. The van der Waals surface area contributed by atoms with Crippen molar-refractivity contribution in [3.8, 4) is 0 Å². The molecule has 1 rings (SSSR count). The predicted molar refractivity (Wildman–Crippen MR) is 84.7 cm³/mol. The summed E-state index contributed by atoms with van der Waals surface area (Å²) in [6, 6.07) is 0.223. The van der Waals surface area contributed by atoms with Crippen LogP contribution in [0, 0.1) is 0 Å². The van der Waals surface area contributed by atoms with Crippen molar-refractivity contribution in [3.63, 3.8) is 0 Å². The summed E-state index contributed by atoms with van der Waals surface area (Å²) < 4.78 is 0. The second-order valence-corrected chi connectivity index (χ2v) is 5.92. The SMILES string of the molecule is CCCCN(CCCC)C(CN)CC(=O)N1CCCC1. The van der Waals surface area contributed by atoms with Crippen LogP contribution in [0.5, 0.6) is 0 Å². The number of rotatable bonds is 10. The summed E-state index contributed by atoms with van der Waals surface area (Å²) in [4.78, 5) is 16.8. The number of nitrogens with two attached hydrogens (primary N) is 1. The molecule has 1 amide bonds. The summed E-state index contributed by atoms with van der Waals surface area (Å²) in [6.07, 6.45) is 7.70. The van der Waals surface area contributed by atoms with Crippen molar-refractivity contribution >= 4 is 5.91 Å². The van der Waals surface area contributed by atoms with E-state index in [4.69, 9.17) is 5.73 Å². The fourth-order valence-corrected chi connectivity index (χ4v) is 2.86. The minimum absolute atomic E-state index is 0.223.